The minimum absolute atomic E-state index is 0.266. The summed E-state index contributed by atoms with van der Waals surface area (Å²) in [6.45, 7) is 2.48. The number of likely N-dealkylation sites (tertiary alicyclic amines) is 1. The van der Waals surface area contributed by atoms with Gasteiger partial charge in [0.1, 0.15) is 6.04 Å². The predicted octanol–water partition coefficient (Wildman–Crippen LogP) is -0.0541. The number of aldehydes is 1. The number of rotatable bonds is 1. The third kappa shape index (κ3) is 1.45. The van der Waals surface area contributed by atoms with Crippen LogP contribution in [0.3, 0.4) is 0 Å². The average Bonchev–Trinajstić information content (AvgIpc) is 2.45. The fourth-order valence-corrected chi connectivity index (χ4v) is 1.48. The lowest BCUT2D eigenvalue weighted by atomic mass is 10.1. The minimum atomic E-state index is -0.578. The van der Waals surface area contributed by atoms with E-state index in [-0.39, 0.29) is 6.29 Å². The normalized spacial score (nSPS) is 28.2. The van der Waals surface area contributed by atoms with E-state index in [0.717, 1.165) is 0 Å². The lowest BCUT2D eigenvalue weighted by Gasteiger charge is -2.15. The van der Waals surface area contributed by atoms with Gasteiger partial charge in [0.2, 0.25) is 6.29 Å². The summed E-state index contributed by atoms with van der Waals surface area (Å²) in [7, 11) is 0. The zero-order chi connectivity index (χ0) is 9.14. The largest absolute Gasteiger partial charge is 0.320 e. The van der Waals surface area contributed by atoms with Crippen molar-refractivity contribution in [2.75, 3.05) is 6.54 Å². The summed E-state index contributed by atoms with van der Waals surface area (Å²) in [5.41, 5.74) is 0. The van der Waals surface area contributed by atoms with Crippen LogP contribution in [0, 0.1) is 17.2 Å². The number of hydrogen-bond acceptors (Lipinski definition) is 3. The monoisotopic (exact) mass is 166 g/mol. The van der Waals surface area contributed by atoms with E-state index in [0.29, 0.717) is 18.9 Å². The summed E-state index contributed by atoms with van der Waals surface area (Å²) in [4.78, 5) is 22.4. The van der Waals surface area contributed by atoms with Gasteiger partial charge >= 0.3 is 0 Å². The molecule has 2 unspecified atom stereocenters. The molecule has 12 heavy (non-hydrogen) atoms. The van der Waals surface area contributed by atoms with Crippen molar-refractivity contribution >= 4 is 12.2 Å². The van der Waals surface area contributed by atoms with Crippen molar-refractivity contribution < 1.29 is 9.59 Å². The van der Waals surface area contributed by atoms with Crippen molar-refractivity contribution in [3.63, 3.8) is 0 Å². The fraction of sp³-hybridized carbons (Fsp3) is 0.625. The van der Waals surface area contributed by atoms with E-state index in [1.165, 1.54) is 4.90 Å². The summed E-state index contributed by atoms with van der Waals surface area (Å²) >= 11 is 0. The molecular formula is C8H10N2O2. The molecule has 0 radical (unpaired) electrons. The van der Waals surface area contributed by atoms with Crippen LogP contribution in [0.1, 0.15) is 13.3 Å². The molecule has 0 saturated carbocycles. The summed E-state index contributed by atoms with van der Waals surface area (Å²) < 4.78 is 0. The summed E-state index contributed by atoms with van der Waals surface area (Å²) in [6.07, 6.45) is 0.943. The number of carbonyl (C=O) groups is 2. The highest BCUT2D eigenvalue weighted by atomic mass is 16.2. The van der Waals surface area contributed by atoms with Gasteiger partial charge in [-0.25, -0.2) is 0 Å². The standard InChI is InChI=1S/C8H10N2O2/c1-6-2-7(3-9)10(4-6)8(12)5-11/h5-7H,2,4H2,1H3. The molecule has 2 atom stereocenters. The van der Waals surface area contributed by atoms with E-state index in [2.05, 4.69) is 0 Å². The maximum atomic E-state index is 10.9. The van der Waals surface area contributed by atoms with Crippen LogP contribution in [0.5, 0.6) is 0 Å². The van der Waals surface area contributed by atoms with Gasteiger partial charge in [-0.2, -0.15) is 5.26 Å². The van der Waals surface area contributed by atoms with Crippen molar-refractivity contribution in [2.24, 2.45) is 5.92 Å². The first-order valence-corrected chi connectivity index (χ1v) is 3.84. The van der Waals surface area contributed by atoms with Gasteiger partial charge in [0.05, 0.1) is 6.07 Å². The van der Waals surface area contributed by atoms with Crippen LogP contribution in [0.15, 0.2) is 0 Å². The van der Waals surface area contributed by atoms with Crippen molar-refractivity contribution in [2.45, 2.75) is 19.4 Å². The molecule has 1 heterocycles. The third-order valence-corrected chi connectivity index (χ3v) is 2.04. The number of nitrogens with zero attached hydrogens (tertiary/aromatic N) is 2. The van der Waals surface area contributed by atoms with Gasteiger partial charge in [-0.1, -0.05) is 6.92 Å². The number of amides is 1. The van der Waals surface area contributed by atoms with E-state index in [4.69, 9.17) is 5.26 Å². The lowest BCUT2D eigenvalue weighted by molar-refractivity contribution is -0.138. The highest BCUT2D eigenvalue weighted by molar-refractivity contribution is 6.23. The molecule has 1 aliphatic heterocycles. The fourth-order valence-electron chi connectivity index (χ4n) is 1.48. The van der Waals surface area contributed by atoms with Crippen LogP contribution < -0.4 is 0 Å². The Hall–Kier alpha value is -1.37. The Labute approximate surface area is 70.8 Å². The minimum Gasteiger partial charge on any atom is -0.320 e. The molecule has 1 fully saturated rings. The van der Waals surface area contributed by atoms with Crippen molar-refractivity contribution in [1.82, 2.24) is 4.90 Å². The van der Waals surface area contributed by atoms with Gasteiger partial charge in [-0.05, 0) is 12.3 Å². The second kappa shape index (κ2) is 3.35. The van der Waals surface area contributed by atoms with Crippen LogP contribution in [-0.4, -0.2) is 29.7 Å². The van der Waals surface area contributed by atoms with Crippen molar-refractivity contribution in [1.29, 1.82) is 5.26 Å². The summed E-state index contributed by atoms with van der Waals surface area (Å²) in [5, 5.41) is 8.64. The van der Waals surface area contributed by atoms with E-state index < -0.39 is 11.9 Å². The molecule has 1 saturated heterocycles. The molecule has 0 N–H and O–H groups in total. The Kier molecular flexibility index (Phi) is 2.44. The molecule has 4 heteroatoms. The second-order valence-electron chi connectivity index (χ2n) is 3.09. The van der Waals surface area contributed by atoms with Gasteiger partial charge in [-0.15, -0.1) is 0 Å². The smallest absolute Gasteiger partial charge is 0.287 e. The van der Waals surface area contributed by atoms with Gasteiger partial charge < -0.3 is 4.90 Å². The maximum Gasteiger partial charge on any atom is 0.287 e. The Bertz CT molecular complexity index is 244. The molecule has 4 nitrogen and oxygen atoms in total. The summed E-state index contributed by atoms with van der Waals surface area (Å²) in [5.74, 6) is -0.260. The molecule has 1 rings (SSSR count). The molecule has 1 amide bonds. The average molecular weight is 166 g/mol. The molecule has 0 spiro atoms. The van der Waals surface area contributed by atoms with E-state index in [1.807, 2.05) is 13.0 Å². The third-order valence-electron chi connectivity index (χ3n) is 2.04. The molecule has 64 valence electrons. The molecule has 0 aromatic rings. The van der Waals surface area contributed by atoms with Gasteiger partial charge in [0.25, 0.3) is 5.91 Å². The van der Waals surface area contributed by atoms with E-state index >= 15 is 0 Å². The second-order valence-corrected chi connectivity index (χ2v) is 3.09. The topological polar surface area (TPSA) is 61.2 Å². The van der Waals surface area contributed by atoms with Crippen molar-refractivity contribution in [3.8, 4) is 6.07 Å². The predicted molar refractivity (Wildman–Crippen MR) is 41.0 cm³/mol. The van der Waals surface area contributed by atoms with Crippen LogP contribution in [0.25, 0.3) is 0 Å². The Morgan fingerprint density at radius 1 is 1.75 bits per heavy atom. The first-order chi connectivity index (χ1) is 5.69. The van der Waals surface area contributed by atoms with Gasteiger partial charge in [-0.3, -0.25) is 9.59 Å². The molecule has 0 aromatic carbocycles. The molecule has 1 aliphatic rings. The van der Waals surface area contributed by atoms with Gasteiger partial charge in [0, 0.05) is 6.54 Å². The zero-order valence-electron chi connectivity index (χ0n) is 6.86. The van der Waals surface area contributed by atoms with Crippen LogP contribution in [0.2, 0.25) is 0 Å². The van der Waals surface area contributed by atoms with Gasteiger partial charge in [0.15, 0.2) is 0 Å². The Morgan fingerprint density at radius 3 is 2.92 bits per heavy atom. The van der Waals surface area contributed by atoms with Crippen molar-refractivity contribution in [3.05, 3.63) is 0 Å². The lowest BCUT2D eigenvalue weighted by Crippen LogP contribution is -2.35. The zero-order valence-corrected chi connectivity index (χ0v) is 6.86. The molecule has 0 bridgehead atoms. The molecule has 0 aromatic heterocycles. The van der Waals surface area contributed by atoms with Crippen LogP contribution >= 0.6 is 0 Å². The Morgan fingerprint density at radius 2 is 2.42 bits per heavy atom. The first-order valence-electron chi connectivity index (χ1n) is 3.84. The number of nitriles is 1. The summed E-state index contributed by atoms with van der Waals surface area (Å²) in [6, 6.07) is 1.60. The quantitative estimate of drug-likeness (QED) is 0.405. The Balaban J connectivity index is 2.71. The highest BCUT2D eigenvalue weighted by Gasteiger charge is 2.32. The van der Waals surface area contributed by atoms with Crippen LogP contribution in [-0.2, 0) is 9.59 Å². The number of hydrogen-bond donors (Lipinski definition) is 0. The highest BCUT2D eigenvalue weighted by Crippen LogP contribution is 2.21. The van der Waals surface area contributed by atoms with E-state index in [9.17, 15) is 9.59 Å². The molecule has 0 aliphatic carbocycles. The molecular weight excluding hydrogens is 156 g/mol. The maximum absolute atomic E-state index is 10.9. The SMILES string of the molecule is CC1CC(C#N)N(C(=O)C=O)C1. The number of carbonyl (C=O) groups excluding carboxylic acids is 2. The van der Waals surface area contributed by atoms with E-state index in [1.54, 1.807) is 0 Å². The first kappa shape index (κ1) is 8.72. The van der Waals surface area contributed by atoms with Crippen LogP contribution in [0.4, 0.5) is 0 Å².